The Balaban J connectivity index is 0.00000400. The minimum Gasteiger partial charge on any atom is -0.345 e. The smallest absolute Gasteiger partial charge is 0.253 e. The second-order valence-electron chi connectivity index (χ2n) is 4.62. The SMILES string of the molecule is CN(C)C(=O)c1cccc(S(=O)(=O)NCCCCN)c1.Cl. The van der Waals surface area contributed by atoms with Gasteiger partial charge in [0.15, 0.2) is 0 Å². The molecule has 6 nitrogen and oxygen atoms in total. The van der Waals surface area contributed by atoms with E-state index >= 15 is 0 Å². The number of carbonyl (C=O) groups excluding carboxylic acids is 1. The van der Waals surface area contributed by atoms with Crippen LogP contribution in [0, 0.1) is 0 Å². The van der Waals surface area contributed by atoms with Gasteiger partial charge in [-0.1, -0.05) is 6.07 Å². The molecular formula is C13H22ClN3O3S. The number of rotatable bonds is 7. The summed E-state index contributed by atoms with van der Waals surface area (Å²) in [6, 6.07) is 6.01. The molecule has 0 heterocycles. The third-order valence-corrected chi connectivity index (χ3v) is 4.18. The number of nitrogens with two attached hydrogens (primary N) is 1. The number of nitrogens with zero attached hydrogens (tertiary/aromatic N) is 1. The largest absolute Gasteiger partial charge is 0.345 e. The van der Waals surface area contributed by atoms with Gasteiger partial charge in [-0.2, -0.15) is 0 Å². The molecule has 0 aliphatic rings. The van der Waals surface area contributed by atoms with Crippen molar-refractivity contribution in [3.8, 4) is 0 Å². The van der Waals surface area contributed by atoms with E-state index in [2.05, 4.69) is 4.72 Å². The summed E-state index contributed by atoms with van der Waals surface area (Å²) in [5, 5.41) is 0. The van der Waals surface area contributed by atoms with Gasteiger partial charge in [0.05, 0.1) is 4.90 Å². The third kappa shape index (κ3) is 6.01. The van der Waals surface area contributed by atoms with E-state index in [0.29, 0.717) is 25.1 Å². The first-order valence-corrected chi connectivity index (χ1v) is 7.88. The first-order valence-electron chi connectivity index (χ1n) is 6.40. The molecule has 1 aromatic rings. The zero-order valence-electron chi connectivity index (χ0n) is 12.2. The van der Waals surface area contributed by atoms with Gasteiger partial charge in [0, 0.05) is 26.2 Å². The number of hydrogen-bond donors (Lipinski definition) is 2. The van der Waals surface area contributed by atoms with E-state index in [1.807, 2.05) is 0 Å². The fourth-order valence-electron chi connectivity index (χ4n) is 1.61. The van der Waals surface area contributed by atoms with E-state index < -0.39 is 10.0 Å². The molecular weight excluding hydrogens is 314 g/mol. The topological polar surface area (TPSA) is 92.5 Å². The molecule has 1 amide bonds. The first-order chi connectivity index (χ1) is 9.38. The summed E-state index contributed by atoms with van der Waals surface area (Å²) >= 11 is 0. The predicted octanol–water partition coefficient (Wildman–Crippen LogP) is 0.827. The van der Waals surface area contributed by atoms with Crippen LogP contribution in [0.2, 0.25) is 0 Å². The Labute approximate surface area is 132 Å². The van der Waals surface area contributed by atoms with Crippen molar-refractivity contribution in [1.82, 2.24) is 9.62 Å². The van der Waals surface area contributed by atoms with Crippen molar-refractivity contribution in [3.05, 3.63) is 29.8 Å². The van der Waals surface area contributed by atoms with Crippen LogP contribution in [-0.2, 0) is 10.0 Å². The summed E-state index contributed by atoms with van der Waals surface area (Å²) in [7, 11) is -0.345. The van der Waals surface area contributed by atoms with E-state index in [1.54, 1.807) is 26.2 Å². The zero-order valence-corrected chi connectivity index (χ0v) is 13.8. The summed E-state index contributed by atoms with van der Waals surface area (Å²) in [5.41, 5.74) is 5.70. The van der Waals surface area contributed by atoms with Crippen molar-refractivity contribution < 1.29 is 13.2 Å². The zero-order chi connectivity index (χ0) is 15.2. The molecule has 0 aliphatic heterocycles. The van der Waals surface area contributed by atoms with Crippen LogP contribution in [0.25, 0.3) is 0 Å². The first kappa shape index (κ1) is 19.9. The summed E-state index contributed by atoms with van der Waals surface area (Å²) in [4.78, 5) is 13.3. The lowest BCUT2D eigenvalue weighted by Crippen LogP contribution is -2.26. The maximum Gasteiger partial charge on any atom is 0.253 e. The number of benzene rings is 1. The minimum atomic E-state index is -3.58. The second kappa shape index (κ2) is 8.99. The Morgan fingerprint density at radius 3 is 2.52 bits per heavy atom. The van der Waals surface area contributed by atoms with E-state index in [4.69, 9.17) is 5.73 Å². The fourth-order valence-corrected chi connectivity index (χ4v) is 2.73. The highest BCUT2D eigenvalue weighted by molar-refractivity contribution is 7.89. The Kier molecular flexibility index (Phi) is 8.50. The van der Waals surface area contributed by atoms with E-state index in [-0.39, 0.29) is 23.2 Å². The molecule has 21 heavy (non-hydrogen) atoms. The Hall–Kier alpha value is -1.15. The highest BCUT2D eigenvalue weighted by Gasteiger charge is 2.16. The van der Waals surface area contributed by atoms with Gasteiger partial charge in [-0.25, -0.2) is 13.1 Å². The molecule has 0 saturated carbocycles. The number of hydrogen-bond acceptors (Lipinski definition) is 4. The number of amides is 1. The molecule has 0 bridgehead atoms. The Morgan fingerprint density at radius 2 is 1.95 bits per heavy atom. The lowest BCUT2D eigenvalue weighted by Gasteiger charge is -2.11. The van der Waals surface area contributed by atoms with Crippen molar-refractivity contribution in [1.29, 1.82) is 0 Å². The normalized spacial score (nSPS) is 10.8. The molecule has 0 atom stereocenters. The average molecular weight is 336 g/mol. The van der Waals surface area contributed by atoms with Gasteiger partial charge in [-0.05, 0) is 37.6 Å². The van der Waals surface area contributed by atoms with Crippen LogP contribution in [0.4, 0.5) is 0 Å². The summed E-state index contributed by atoms with van der Waals surface area (Å²) in [5.74, 6) is -0.231. The summed E-state index contributed by atoms with van der Waals surface area (Å²) in [6.07, 6.45) is 1.45. The minimum absolute atomic E-state index is 0. The molecule has 0 spiro atoms. The van der Waals surface area contributed by atoms with Crippen molar-refractivity contribution in [2.45, 2.75) is 17.7 Å². The molecule has 8 heteroatoms. The molecule has 1 rings (SSSR count). The number of sulfonamides is 1. The quantitative estimate of drug-likeness (QED) is 0.722. The van der Waals surface area contributed by atoms with Gasteiger partial charge >= 0.3 is 0 Å². The van der Waals surface area contributed by atoms with Crippen LogP contribution in [0.1, 0.15) is 23.2 Å². The van der Waals surface area contributed by atoms with Crippen molar-refractivity contribution in [3.63, 3.8) is 0 Å². The molecule has 120 valence electrons. The lowest BCUT2D eigenvalue weighted by molar-refractivity contribution is 0.0827. The molecule has 0 unspecified atom stereocenters. The maximum atomic E-state index is 12.1. The summed E-state index contributed by atoms with van der Waals surface area (Å²) < 4.78 is 26.6. The average Bonchev–Trinajstić information content (AvgIpc) is 2.43. The number of carbonyl (C=O) groups is 1. The van der Waals surface area contributed by atoms with Crippen LogP contribution in [0.3, 0.4) is 0 Å². The predicted molar refractivity (Wildman–Crippen MR) is 85.2 cm³/mol. The van der Waals surface area contributed by atoms with Gasteiger partial charge < -0.3 is 10.6 Å². The Bertz CT molecular complexity index is 562. The van der Waals surface area contributed by atoms with E-state index in [0.717, 1.165) is 6.42 Å². The van der Waals surface area contributed by atoms with Crippen LogP contribution in [-0.4, -0.2) is 46.4 Å². The molecule has 3 N–H and O–H groups in total. The van der Waals surface area contributed by atoms with Crippen LogP contribution in [0.5, 0.6) is 0 Å². The van der Waals surface area contributed by atoms with Crippen LogP contribution < -0.4 is 10.5 Å². The monoisotopic (exact) mass is 335 g/mol. The van der Waals surface area contributed by atoms with Gasteiger partial charge in [0.1, 0.15) is 0 Å². The summed E-state index contributed by atoms with van der Waals surface area (Å²) in [6.45, 7) is 0.875. The van der Waals surface area contributed by atoms with Crippen molar-refractivity contribution in [2.75, 3.05) is 27.2 Å². The standard InChI is InChI=1S/C13H21N3O3S.ClH/c1-16(2)13(17)11-6-5-7-12(10-11)20(18,19)15-9-4-3-8-14;/h5-7,10,15H,3-4,8-9,14H2,1-2H3;1H. The molecule has 1 aromatic carbocycles. The Morgan fingerprint density at radius 1 is 1.29 bits per heavy atom. The van der Waals surface area contributed by atoms with Crippen molar-refractivity contribution in [2.24, 2.45) is 5.73 Å². The number of halogens is 1. The van der Waals surface area contributed by atoms with Gasteiger partial charge in [0.2, 0.25) is 10.0 Å². The molecule has 0 fully saturated rings. The highest BCUT2D eigenvalue weighted by Crippen LogP contribution is 2.12. The van der Waals surface area contributed by atoms with Crippen LogP contribution >= 0.6 is 12.4 Å². The second-order valence-corrected chi connectivity index (χ2v) is 6.39. The molecule has 0 aliphatic carbocycles. The number of unbranched alkanes of at least 4 members (excludes halogenated alkanes) is 1. The van der Waals surface area contributed by atoms with Crippen molar-refractivity contribution >= 4 is 28.3 Å². The highest BCUT2D eigenvalue weighted by atomic mass is 35.5. The van der Waals surface area contributed by atoms with E-state index in [9.17, 15) is 13.2 Å². The molecule has 0 aromatic heterocycles. The molecule has 0 radical (unpaired) electrons. The van der Waals surface area contributed by atoms with Gasteiger partial charge in [-0.15, -0.1) is 12.4 Å². The maximum absolute atomic E-state index is 12.1. The fraction of sp³-hybridized carbons (Fsp3) is 0.462. The lowest BCUT2D eigenvalue weighted by atomic mass is 10.2. The third-order valence-electron chi connectivity index (χ3n) is 2.72. The van der Waals surface area contributed by atoms with Gasteiger partial charge in [-0.3, -0.25) is 4.79 Å². The van der Waals surface area contributed by atoms with E-state index in [1.165, 1.54) is 17.0 Å². The number of nitrogens with one attached hydrogen (secondary N) is 1. The van der Waals surface area contributed by atoms with Gasteiger partial charge in [0.25, 0.3) is 5.91 Å². The van der Waals surface area contributed by atoms with Crippen LogP contribution in [0.15, 0.2) is 29.2 Å². The molecule has 0 saturated heterocycles.